The van der Waals surface area contributed by atoms with Gasteiger partial charge in [0.05, 0.1) is 4.88 Å². The van der Waals surface area contributed by atoms with Gasteiger partial charge in [-0.3, -0.25) is 0 Å². The number of hydrogen-bond donors (Lipinski definition) is 3. The molecule has 0 fully saturated rings. The molecule has 0 aliphatic heterocycles. The lowest BCUT2D eigenvalue weighted by atomic mass is 10.2. The lowest BCUT2D eigenvalue weighted by molar-refractivity contribution is -0.139. The van der Waals surface area contributed by atoms with Crippen LogP contribution in [0.2, 0.25) is 0 Å². The third-order valence-corrected chi connectivity index (χ3v) is 5.15. The summed E-state index contributed by atoms with van der Waals surface area (Å²) in [6.07, 6.45) is 0. The van der Waals surface area contributed by atoms with Gasteiger partial charge < -0.3 is 20.3 Å². The molecule has 2 heterocycles. The number of rotatable bonds is 9. The van der Waals surface area contributed by atoms with Gasteiger partial charge in [0.2, 0.25) is 0 Å². The smallest absolute Gasteiger partial charge is 0.346 e. The number of nitrogens with one attached hydrogen (secondary N) is 1. The maximum Gasteiger partial charge on any atom is 0.346 e. The van der Waals surface area contributed by atoms with Crippen molar-refractivity contribution in [3.63, 3.8) is 0 Å². The summed E-state index contributed by atoms with van der Waals surface area (Å²) < 4.78 is 5.28. The van der Waals surface area contributed by atoms with Gasteiger partial charge in [-0.05, 0) is 23.9 Å². The number of aromatic carboxylic acids is 1. The van der Waals surface area contributed by atoms with Gasteiger partial charge >= 0.3 is 11.9 Å². The average molecular weight is 369 g/mol. The summed E-state index contributed by atoms with van der Waals surface area (Å²) in [6, 6.07) is 3.29. The van der Waals surface area contributed by atoms with Crippen LogP contribution in [0.1, 0.15) is 28.4 Å². The molecule has 24 heavy (non-hydrogen) atoms. The summed E-state index contributed by atoms with van der Waals surface area (Å²) in [7, 11) is 0. The molecule has 0 aliphatic rings. The third kappa shape index (κ3) is 4.80. The molecule has 2 aromatic rings. The second-order valence-corrected chi connectivity index (χ2v) is 7.63. The fraction of sp³-hybridized carbons (Fsp3) is 0.375. The zero-order valence-electron chi connectivity index (χ0n) is 13.4. The minimum absolute atomic E-state index is 0.123. The number of carbonyl (C=O) groups is 2. The van der Waals surface area contributed by atoms with E-state index < -0.39 is 18.5 Å². The molecule has 0 aromatic carbocycles. The van der Waals surface area contributed by atoms with Crippen LogP contribution in [0.5, 0.6) is 5.75 Å². The molecule has 3 N–H and O–H groups in total. The molecular weight excluding hydrogens is 350 g/mol. The van der Waals surface area contributed by atoms with Gasteiger partial charge in [0.25, 0.3) is 0 Å². The zero-order chi connectivity index (χ0) is 17.7. The quantitative estimate of drug-likeness (QED) is 0.627. The predicted octanol–water partition coefficient (Wildman–Crippen LogP) is 3.38. The van der Waals surface area contributed by atoms with Crippen molar-refractivity contribution in [3.05, 3.63) is 27.3 Å². The first-order valence-electron chi connectivity index (χ1n) is 7.37. The Morgan fingerprint density at radius 1 is 1.33 bits per heavy atom. The summed E-state index contributed by atoms with van der Waals surface area (Å²) in [5, 5.41) is 23.3. The highest BCUT2D eigenvalue weighted by molar-refractivity contribution is 7.18. The fourth-order valence-electron chi connectivity index (χ4n) is 2.07. The van der Waals surface area contributed by atoms with E-state index in [1.165, 1.54) is 6.07 Å². The van der Waals surface area contributed by atoms with Gasteiger partial charge in [-0.2, -0.15) is 0 Å². The summed E-state index contributed by atoms with van der Waals surface area (Å²) >= 11 is 2.66. The maximum atomic E-state index is 11.2. The van der Waals surface area contributed by atoms with Crippen LogP contribution in [0.3, 0.4) is 0 Å². The van der Waals surface area contributed by atoms with E-state index >= 15 is 0 Å². The summed E-state index contributed by atoms with van der Waals surface area (Å²) in [5.74, 6) is -1.33. The summed E-state index contributed by atoms with van der Waals surface area (Å²) in [5.41, 5.74) is 0.883. The zero-order valence-corrected chi connectivity index (χ0v) is 15.0. The molecular formula is C16H19NO5S2. The lowest BCUT2D eigenvalue weighted by Crippen LogP contribution is -2.18. The predicted molar refractivity (Wildman–Crippen MR) is 94.3 cm³/mol. The van der Waals surface area contributed by atoms with Crippen LogP contribution in [-0.4, -0.2) is 35.3 Å². The first-order chi connectivity index (χ1) is 11.4. The normalized spacial score (nSPS) is 11.0. The first kappa shape index (κ1) is 18.4. The van der Waals surface area contributed by atoms with Crippen molar-refractivity contribution in [2.75, 3.05) is 13.2 Å². The summed E-state index contributed by atoms with van der Waals surface area (Å²) in [4.78, 5) is 23.8. The van der Waals surface area contributed by atoms with Crippen LogP contribution in [-0.2, 0) is 11.3 Å². The number of ether oxygens (including phenoxy) is 1. The average Bonchev–Trinajstić information content (AvgIpc) is 3.10. The third-order valence-electron chi connectivity index (χ3n) is 3.09. The van der Waals surface area contributed by atoms with E-state index in [4.69, 9.17) is 9.84 Å². The van der Waals surface area contributed by atoms with Crippen molar-refractivity contribution in [1.82, 2.24) is 5.32 Å². The highest BCUT2D eigenvalue weighted by Gasteiger charge is 2.20. The van der Waals surface area contributed by atoms with E-state index in [9.17, 15) is 14.7 Å². The Hall–Kier alpha value is -1.90. The van der Waals surface area contributed by atoms with E-state index in [2.05, 4.69) is 19.2 Å². The molecule has 0 amide bonds. The van der Waals surface area contributed by atoms with Gasteiger partial charge in [-0.15, -0.1) is 22.7 Å². The minimum Gasteiger partial charge on any atom is -0.480 e. The monoisotopic (exact) mass is 369 g/mol. The van der Waals surface area contributed by atoms with Gasteiger partial charge in [0, 0.05) is 23.1 Å². The van der Waals surface area contributed by atoms with Crippen LogP contribution in [0.15, 0.2) is 17.5 Å². The Morgan fingerprint density at radius 3 is 2.71 bits per heavy atom. The second kappa shape index (κ2) is 8.27. The molecule has 130 valence electrons. The highest BCUT2D eigenvalue weighted by Crippen LogP contribution is 2.41. The molecule has 0 bridgehead atoms. The molecule has 0 atom stereocenters. The Kier molecular flexibility index (Phi) is 6.36. The second-order valence-electron chi connectivity index (χ2n) is 5.57. The van der Waals surface area contributed by atoms with Crippen molar-refractivity contribution >= 4 is 34.6 Å². The maximum absolute atomic E-state index is 11.2. The molecule has 8 heteroatoms. The number of hydrogen-bond acceptors (Lipinski definition) is 6. The highest BCUT2D eigenvalue weighted by atomic mass is 32.1. The minimum atomic E-state index is -1.10. The Balaban J connectivity index is 2.28. The van der Waals surface area contributed by atoms with E-state index in [0.717, 1.165) is 28.3 Å². The van der Waals surface area contributed by atoms with Crippen LogP contribution in [0.4, 0.5) is 0 Å². The van der Waals surface area contributed by atoms with Gasteiger partial charge in [0.1, 0.15) is 10.6 Å². The molecule has 6 nitrogen and oxygen atoms in total. The molecule has 0 saturated carbocycles. The molecule has 2 rings (SSSR count). The topological polar surface area (TPSA) is 95.9 Å². The van der Waals surface area contributed by atoms with E-state index in [0.29, 0.717) is 23.1 Å². The molecule has 2 aromatic heterocycles. The van der Waals surface area contributed by atoms with Crippen molar-refractivity contribution < 1.29 is 24.5 Å². The van der Waals surface area contributed by atoms with E-state index in [1.807, 2.05) is 11.4 Å². The van der Waals surface area contributed by atoms with Crippen LogP contribution < -0.4 is 10.1 Å². The van der Waals surface area contributed by atoms with Crippen molar-refractivity contribution in [3.8, 4) is 16.2 Å². The number of aliphatic carboxylic acids is 1. The number of carboxylic acids is 2. The van der Waals surface area contributed by atoms with Crippen LogP contribution >= 0.6 is 22.7 Å². The first-order valence-corrected chi connectivity index (χ1v) is 9.07. The fourth-order valence-corrected chi connectivity index (χ4v) is 3.98. The van der Waals surface area contributed by atoms with Gasteiger partial charge in [-0.1, -0.05) is 13.8 Å². The Labute approximate surface area is 147 Å². The van der Waals surface area contributed by atoms with Gasteiger partial charge in [-0.25, -0.2) is 9.59 Å². The van der Waals surface area contributed by atoms with E-state index in [-0.39, 0.29) is 4.88 Å². The number of carboxylic acid groups (broad SMARTS) is 2. The molecule has 0 radical (unpaired) electrons. The summed E-state index contributed by atoms with van der Waals surface area (Å²) in [6.45, 7) is 5.29. The van der Waals surface area contributed by atoms with Crippen molar-refractivity contribution in [2.24, 2.45) is 5.92 Å². The number of thiophene rings is 2. The molecule has 0 spiro atoms. The van der Waals surface area contributed by atoms with Crippen LogP contribution in [0.25, 0.3) is 10.4 Å². The van der Waals surface area contributed by atoms with E-state index in [1.54, 1.807) is 11.3 Å². The largest absolute Gasteiger partial charge is 0.480 e. The Bertz CT molecular complexity index is 720. The molecule has 0 saturated heterocycles. The van der Waals surface area contributed by atoms with Crippen molar-refractivity contribution in [1.29, 1.82) is 0 Å². The molecule has 0 aliphatic carbocycles. The Morgan fingerprint density at radius 2 is 2.08 bits per heavy atom. The van der Waals surface area contributed by atoms with Gasteiger partial charge in [0.15, 0.2) is 6.61 Å². The SMILES string of the molecule is CC(C)CNCc1sccc1-c1sc(C(=O)O)cc1OCC(=O)O. The molecule has 0 unspecified atom stereocenters. The lowest BCUT2D eigenvalue weighted by Gasteiger charge is -2.09. The van der Waals surface area contributed by atoms with Crippen LogP contribution in [0, 0.1) is 5.92 Å². The van der Waals surface area contributed by atoms with Crippen molar-refractivity contribution in [2.45, 2.75) is 20.4 Å². The standard InChI is InChI=1S/C16H19NO5S2/c1-9(2)6-17-7-13-10(3-4-23-13)15-11(22-8-14(18)19)5-12(24-15)16(20)21/h3-5,9,17H,6-8H2,1-2H3,(H,18,19)(H,20,21).